The molecule has 0 unspecified atom stereocenters. The van der Waals surface area contributed by atoms with Crippen LogP contribution in [0.5, 0.6) is 0 Å². The van der Waals surface area contributed by atoms with Gasteiger partial charge in [0.15, 0.2) is 0 Å². The molecular formula is C22H33N5O3. The summed E-state index contributed by atoms with van der Waals surface area (Å²) >= 11 is 0. The minimum atomic E-state index is -0.195. The lowest BCUT2D eigenvalue weighted by Gasteiger charge is -2.43. The van der Waals surface area contributed by atoms with Gasteiger partial charge in [-0.2, -0.15) is 0 Å². The van der Waals surface area contributed by atoms with Crippen molar-refractivity contribution in [1.82, 2.24) is 19.7 Å². The van der Waals surface area contributed by atoms with Gasteiger partial charge < -0.3 is 25.0 Å². The van der Waals surface area contributed by atoms with Gasteiger partial charge in [-0.3, -0.25) is 9.59 Å². The van der Waals surface area contributed by atoms with Crippen LogP contribution in [0, 0.1) is 5.92 Å². The van der Waals surface area contributed by atoms with Gasteiger partial charge in [-0.05, 0) is 51.4 Å². The molecule has 1 saturated heterocycles. The van der Waals surface area contributed by atoms with Crippen LogP contribution >= 0.6 is 0 Å². The Morgan fingerprint density at radius 2 is 1.87 bits per heavy atom. The monoisotopic (exact) mass is 415 g/mol. The lowest BCUT2D eigenvalue weighted by molar-refractivity contribution is -0.116. The number of likely N-dealkylation sites (tertiary alicyclic amines) is 1. The molecule has 1 aliphatic carbocycles. The number of anilines is 1. The molecule has 1 aromatic heterocycles. The molecule has 4 rings (SSSR count). The molecule has 8 nitrogen and oxygen atoms in total. The van der Waals surface area contributed by atoms with E-state index in [9.17, 15) is 14.4 Å². The third-order valence-corrected chi connectivity index (χ3v) is 6.56. The first-order chi connectivity index (χ1) is 14.4. The average molecular weight is 416 g/mol. The van der Waals surface area contributed by atoms with Crippen molar-refractivity contribution in [3.8, 4) is 0 Å². The second kappa shape index (κ2) is 8.79. The average Bonchev–Trinajstić information content (AvgIpc) is 2.70. The summed E-state index contributed by atoms with van der Waals surface area (Å²) in [5.41, 5.74) is 1.16. The number of amides is 3. The van der Waals surface area contributed by atoms with Gasteiger partial charge in [-0.25, -0.2) is 4.79 Å². The molecule has 0 aromatic carbocycles. The van der Waals surface area contributed by atoms with E-state index in [0.717, 1.165) is 25.0 Å². The van der Waals surface area contributed by atoms with E-state index < -0.39 is 0 Å². The Hall–Kier alpha value is -2.35. The molecular weight excluding hydrogens is 382 g/mol. The van der Waals surface area contributed by atoms with Gasteiger partial charge in [-0.15, -0.1) is 0 Å². The quantitative estimate of drug-likeness (QED) is 0.785. The minimum absolute atomic E-state index is 0.0416. The van der Waals surface area contributed by atoms with Crippen LogP contribution in [0.2, 0.25) is 0 Å². The molecule has 2 bridgehead atoms. The van der Waals surface area contributed by atoms with E-state index in [4.69, 9.17) is 0 Å². The first kappa shape index (κ1) is 20.9. The number of carbonyl (C=O) groups excluding carboxylic acids is 2. The fourth-order valence-corrected chi connectivity index (χ4v) is 5.20. The number of rotatable bonds is 4. The Morgan fingerprint density at radius 3 is 2.60 bits per heavy atom. The number of piperidine rings is 1. The Bertz CT molecular complexity index is 859. The van der Waals surface area contributed by atoms with E-state index in [1.54, 1.807) is 15.5 Å². The summed E-state index contributed by atoms with van der Waals surface area (Å²) in [6, 6.07) is 4.00. The molecule has 2 atom stereocenters. The molecule has 8 heteroatoms. The van der Waals surface area contributed by atoms with E-state index in [1.165, 1.54) is 19.3 Å². The molecule has 0 radical (unpaired) electrons. The highest BCUT2D eigenvalue weighted by Crippen LogP contribution is 2.35. The Morgan fingerprint density at radius 1 is 1.10 bits per heavy atom. The van der Waals surface area contributed by atoms with Crippen molar-refractivity contribution in [3.05, 3.63) is 28.2 Å². The number of hydrogen-bond acceptors (Lipinski definition) is 4. The van der Waals surface area contributed by atoms with E-state index in [0.29, 0.717) is 31.4 Å². The van der Waals surface area contributed by atoms with E-state index in [1.807, 2.05) is 25.1 Å². The van der Waals surface area contributed by atoms with Gasteiger partial charge in [0.25, 0.3) is 5.56 Å². The second-order valence-electron chi connectivity index (χ2n) is 9.36. The first-order valence-electron chi connectivity index (χ1n) is 11.1. The predicted octanol–water partition coefficient (Wildman–Crippen LogP) is 1.81. The minimum Gasteiger partial charge on any atom is -0.335 e. The number of aromatic nitrogens is 1. The second-order valence-corrected chi connectivity index (χ2v) is 9.36. The zero-order valence-electron chi connectivity index (χ0n) is 18.0. The van der Waals surface area contributed by atoms with E-state index in [2.05, 4.69) is 10.6 Å². The summed E-state index contributed by atoms with van der Waals surface area (Å²) in [6.07, 6.45) is 6.81. The van der Waals surface area contributed by atoms with Crippen LogP contribution in [0.3, 0.4) is 0 Å². The molecule has 0 spiro atoms. The highest BCUT2D eigenvalue weighted by Gasteiger charge is 2.37. The topological polar surface area (TPSA) is 86.7 Å². The van der Waals surface area contributed by atoms with Crippen molar-refractivity contribution in [1.29, 1.82) is 0 Å². The normalized spacial score (nSPS) is 23.8. The van der Waals surface area contributed by atoms with Gasteiger partial charge in [0, 0.05) is 37.3 Å². The molecule has 2 fully saturated rings. The van der Waals surface area contributed by atoms with Crippen LogP contribution in [-0.4, -0.2) is 66.1 Å². The van der Waals surface area contributed by atoms with Gasteiger partial charge in [0.1, 0.15) is 5.69 Å². The van der Waals surface area contributed by atoms with Crippen LogP contribution in [-0.2, 0) is 11.3 Å². The number of likely N-dealkylation sites (N-methyl/N-ethyl adjacent to an activating group) is 1. The van der Waals surface area contributed by atoms with Crippen molar-refractivity contribution in [2.24, 2.45) is 5.92 Å². The molecule has 164 valence electrons. The maximum Gasteiger partial charge on any atom is 0.317 e. The summed E-state index contributed by atoms with van der Waals surface area (Å²) in [5, 5.41) is 5.97. The molecule has 1 saturated carbocycles. The first-order valence-corrected chi connectivity index (χ1v) is 11.1. The van der Waals surface area contributed by atoms with Crippen LogP contribution in [0.4, 0.5) is 10.5 Å². The lowest BCUT2D eigenvalue weighted by Crippen LogP contribution is -2.53. The zero-order chi connectivity index (χ0) is 21.3. The summed E-state index contributed by atoms with van der Waals surface area (Å²) < 4.78 is 1.81. The number of nitrogens with one attached hydrogen (secondary N) is 2. The summed E-state index contributed by atoms with van der Waals surface area (Å²) in [7, 11) is 3.63. The number of urea groups is 1. The Labute approximate surface area is 177 Å². The molecule has 1 aromatic rings. The zero-order valence-corrected chi connectivity index (χ0v) is 18.0. The largest absolute Gasteiger partial charge is 0.335 e. The van der Waals surface area contributed by atoms with Crippen LogP contribution in [0.25, 0.3) is 0 Å². The van der Waals surface area contributed by atoms with E-state index >= 15 is 0 Å². The number of carbonyl (C=O) groups is 2. The van der Waals surface area contributed by atoms with Gasteiger partial charge in [-0.1, -0.05) is 19.3 Å². The third kappa shape index (κ3) is 4.53. The fraction of sp³-hybridized carbons (Fsp3) is 0.682. The smallest absolute Gasteiger partial charge is 0.317 e. The maximum atomic E-state index is 13.0. The highest BCUT2D eigenvalue weighted by molar-refractivity contribution is 5.92. The lowest BCUT2D eigenvalue weighted by atomic mass is 9.83. The van der Waals surface area contributed by atoms with Crippen LogP contribution < -0.4 is 16.2 Å². The van der Waals surface area contributed by atoms with Crippen molar-refractivity contribution >= 4 is 17.6 Å². The summed E-state index contributed by atoms with van der Waals surface area (Å²) in [5.74, 6) is 0.229. The van der Waals surface area contributed by atoms with Crippen molar-refractivity contribution in [2.45, 2.75) is 57.0 Å². The Kier molecular flexibility index (Phi) is 6.13. The SMILES string of the molecule is CN(C)CC(=O)Nc1ccc2n(c1=O)C[C@H]1C[C@@H]2CN(C(=O)NC2CCCCC2)C1. The van der Waals surface area contributed by atoms with Crippen LogP contribution in [0.1, 0.15) is 50.1 Å². The number of nitrogens with zero attached hydrogens (tertiary/aromatic N) is 3. The molecule has 3 heterocycles. The Balaban J connectivity index is 1.46. The molecule has 3 amide bonds. The molecule has 3 aliphatic rings. The van der Waals surface area contributed by atoms with Crippen molar-refractivity contribution in [3.63, 3.8) is 0 Å². The number of hydrogen-bond donors (Lipinski definition) is 2. The van der Waals surface area contributed by atoms with Crippen molar-refractivity contribution in [2.75, 3.05) is 39.0 Å². The molecule has 2 N–H and O–H groups in total. The predicted molar refractivity (Wildman–Crippen MR) is 116 cm³/mol. The highest BCUT2D eigenvalue weighted by atomic mass is 16.2. The van der Waals surface area contributed by atoms with E-state index in [-0.39, 0.29) is 35.9 Å². The summed E-state index contributed by atoms with van der Waals surface area (Å²) in [4.78, 5) is 41.6. The molecule has 2 aliphatic heterocycles. The molecule has 30 heavy (non-hydrogen) atoms. The number of pyridine rings is 1. The van der Waals surface area contributed by atoms with Crippen LogP contribution in [0.15, 0.2) is 16.9 Å². The summed E-state index contributed by atoms with van der Waals surface area (Å²) in [6.45, 7) is 2.14. The van der Waals surface area contributed by atoms with Gasteiger partial charge in [0.05, 0.1) is 6.54 Å². The van der Waals surface area contributed by atoms with Gasteiger partial charge >= 0.3 is 6.03 Å². The third-order valence-electron chi connectivity index (χ3n) is 6.56. The number of fused-ring (bicyclic) bond motifs is 4. The maximum absolute atomic E-state index is 13.0. The standard InChI is InChI=1S/C22H33N5O3/c1-25(2)14-20(28)24-18-8-9-19-16-10-15(12-27(19)21(18)29)11-26(13-16)22(30)23-17-6-4-3-5-7-17/h8-9,15-17H,3-7,10-14H2,1-2H3,(H,23,30)(H,24,28)/t15-,16+/m0/s1. The fourth-order valence-electron chi connectivity index (χ4n) is 5.20. The van der Waals surface area contributed by atoms with Crippen molar-refractivity contribution < 1.29 is 9.59 Å². The van der Waals surface area contributed by atoms with Gasteiger partial charge in [0.2, 0.25) is 5.91 Å².